The number of benzene rings is 2. The van der Waals surface area contributed by atoms with Crippen LogP contribution in [0.2, 0.25) is 0 Å². The van der Waals surface area contributed by atoms with E-state index < -0.39 is 0 Å². The SMILES string of the molecule is CCNC(=O)/C(=C\c1ccccc1)NC(=O)c1ccc(C)cc1. The van der Waals surface area contributed by atoms with Crippen molar-refractivity contribution in [2.45, 2.75) is 13.8 Å². The Morgan fingerprint density at radius 3 is 2.26 bits per heavy atom. The number of carbonyl (C=O) groups is 2. The fourth-order valence-corrected chi connectivity index (χ4v) is 2.03. The molecule has 2 aromatic rings. The highest BCUT2D eigenvalue weighted by atomic mass is 16.2. The molecule has 0 atom stereocenters. The van der Waals surface area contributed by atoms with E-state index in [4.69, 9.17) is 0 Å². The minimum absolute atomic E-state index is 0.226. The number of nitrogens with one attached hydrogen (secondary N) is 2. The smallest absolute Gasteiger partial charge is 0.267 e. The molecule has 0 spiro atoms. The lowest BCUT2D eigenvalue weighted by atomic mass is 10.1. The van der Waals surface area contributed by atoms with Crippen molar-refractivity contribution < 1.29 is 9.59 Å². The minimum atomic E-state index is -0.309. The Hall–Kier alpha value is -2.88. The van der Waals surface area contributed by atoms with Gasteiger partial charge in [0, 0.05) is 12.1 Å². The molecule has 2 amide bonds. The van der Waals surface area contributed by atoms with Crippen LogP contribution in [0.3, 0.4) is 0 Å². The van der Waals surface area contributed by atoms with Gasteiger partial charge in [0.25, 0.3) is 11.8 Å². The van der Waals surface area contributed by atoms with Gasteiger partial charge in [0.05, 0.1) is 0 Å². The highest BCUT2D eigenvalue weighted by Crippen LogP contribution is 2.08. The molecule has 0 saturated carbocycles. The first kappa shape index (κ1) is 16.5. The van der Waals surface area contributed by atoms with Crippen molar-refractivity contribution in [3.8, 4) is 0 Å². The Bertz CT molecular complexity index is 704. The lowest BCUT2D eigenvalue weighted by Crippen LogP contribution is -2.34. The van der Waals surface area contributed by atoms with Crippen LogP contribution in [0.4, 0.5) is 0 Å². The van der Waals surface area contributed by atoms with Crippen molar-refractivity contribution in [1.82, 2.24) is 10.6 Å². The largest absolute Gasteiger partial charge is 0.351 e. The number of hydrogen-bond donors (Lipinski definition) is 2. The molecule has 0 unspecified atom stereocenters. The van der Waals surface area contributed by atoms with Gasteiger partial charge in [-0.1, -0.05) is 48.0 Å². The van der Waals surface area contributed by atoms with Gasteiger partial charge in [-0.2, -0.15) is 0 Å². The van der Waals surface area contributed by atoms with Crippen LogP contribution in [0.25, 0.3) is 6.08 Å². The first-order valence-electron chi connectivity index (χ1n) is 7.53. The van der Waals surface area contributed by atoms with Gasteiger partial charge in [-0.05, 0) is 37.6 Å². The Morgan fingerprint density at radius 1 is 1.00 bits per heavy atom. The van der Waals surface area contributed by atoms with E-state index in [1.165, 1.54) is 0 Å². The Labute approximate surface area is 136 Å². The highest BCUT2D eigenvalue weighted by Gasteiger charge is 2.13. The van der Waals surface area contributed by atoms with Crippen LogP contribution in [0, 0.1) is 6.92 Å². The molecule has 0 heterocycles. The number of amides is 2. The standard InChI is InChI=1S/C19H20N2O2/c1-3-20-19(23)17(13-15-7-5-4-6-8-15)21-18(22)16-11-9-14(2)10-12-16/h4-13H,3H2,1-2H3,(H,20,23)(H,21,22)/b17-13+. The molecule has 0 saturated heterocycles. The zero-order valence-corrected chi connectivity index (χ0v) is 13.3. The van der Waals surface area contributed by atoms with Gasteiger partial charge < -0.3 is 10.6 Å². The van der Waals surface area contributed by atoms with E-state index in [1.54, 1.807) is 18.2 Å². The first-order valence-corrected chi connectivity index (χ1v) is 7.53. The van der Waals surface area contributed by atoms with Crippen molar-refractivity contribution in [2.75, 3.05) is 6.54 Å². The molecular formula is C19H20N2O2. The topological polar surface area (TPSA) is 58.2 Å². The predicted octanol–water partition coefficient (Wildman–Crippen LogP) is 2.90. The summed E-state index contributed by atoms with van der Waals surface area (Å²) >= 11 is 0. The van der Waals surface area contributed by atoms with Crippen LogP contribution < -0.4 is 10.6 Å². The van der Waals surface area contributed by atoms with E-state index in [-0.39, 0.29) is 17.5 Å². The third kappa shape index (κ3) is 4.81. The van der Waals surface area contributed by atoms with Crippen molar-refractivity contribution in [2.24, 2.45) is 0 Å². The molecule has 23 heavy (non-hydrogen) atoms. The van der Waals surface area contributed by atoms with Gasteiger partial charge in [-0.25, -0.2) is 0 Å². The Kier molecular flexibility index (Phi) is 5.69. The second kappa shape index (κ2) is 7.94. The number of likely N-dealkylation sites (N-methyl/N-ethyl adjacent to an activating group) is 1. The molecule has 0 aliphatic heterocycles. The third-order valence-electron chi connectivity index (χ3n) is 3.25. The molecule has 118 valence electrons. The quantitative estimate of drug-likeness (QED) is 0.834. The van der Waals surface area contributed by atoms with Gasteiger partial charge in [-0.3, -0.25) is 9.59 Å². The molecular weight excluding hydrogens is 288 g/mol. The summed E-state index contributed by atoms with van der Waals surface area (Å²) in [5, 5.41) is 5.41. The van der Waals surface area contributed by atoms with Crippen LogP contribution >= 0.6 is 0 Å². The van der Waals surface area contributed by atoms with Crippen LogP contribution in [0.1, 0.15) is 28.4 Å². The Morgan fingerprint density at radius 2 is 1.65 bits per heavy atom. The van der Waals surface area contributed by atoms with E-state index in [1.807, 2.05) is 56.3 Å². The van der Waals surface area contributed by atoms with Crippen LogP contribution in [-0.4, -0.2) is 18.4 Å². The molecule has 2 rings (SSSR count). The molecule has 0 aliphatic rings. The van der Waals surface area contributed by atoms with E-state index >= 15 is 0 Å². The summed E-state index contributed by atoms with van der Waals surface area (Å²) in [7, 11) is 0. The minimum Gasteiger partial charge on any atom is -0.351 e. The van der Waals surface area contributed by atoms with Gasteiger partial charge in [0.15, 0.2) is 0 Å². The average Bonchev–Trinajstić information content (AvgIpc) is 2.56. The fraction of sp³-hybridized carbons (Fsp3) is 0.158. The summed E-state index contributed by atoms with van der Waals surface area (Å²) in [6.45, 7) is 4.28. The Balaban J connectivity index is 2.24. The number of rotatable bonds is 5. The first-order chi connectivity index (χ1) is 11.1. The van der Waals surface area contributed by atoms with E-state index in [2.05, 4.69) is 10.6 Å². The molecule has 0 fully saturated rings. The predicted molar refractivity (Wildman–Crippen MR) is 91.7 cm³/mol. The zero-order valence-electron chi connectivity index (χ0n) is 13.3. The molecule has 4 heteroatoms. The normalized spacial score (nSPS) is 11.0. The molecule has 2 aromatic carbocycles. The lowest BCUT2D eigenvalue weighted by Gasteiger charge is -2.10. The maximum absolute atomic E-state index is 12.3. The third-order valence-corrected chi connectivity index (χ3v) is 3.25. The summed E-state index contributed by atoms with van der Waals surface area (Å²) < 4.78 is 0. The van der Waals surface area contributed by atoms with Crippen molar-refractivity contribution in [3.63, 3.8) is 0 Å². The summed E-state index contributed by atoms with van der Waals surface area (Å²) in [5.74, 6) is -0.616. The number of carbonyl (C=O) groups excluding carboxylic acids is 2. The zero-order chi connectivity index (χ0) is 16.7. The molecule has 0 aromatic heterocycles. The molecule has 0 radical (unpaired) electrons. The van der Waals surface area contributed by atoms with Crippen LogP contribution in [0.5, 0.6) is 0 Å². The van der Waals surface area contributed by atoms with Crippen LogP contribution in [0.15, 0.2) is 60.3 Å². The van der Waals surface area contributed by atoms with E-state index in [9.17, 15) is 9.59 Å². The van der Waals surface area contributed by atoms with E-state index in [0.29, 0.717) is 12.1 Å². The number of hydrogen-bond acceptors (Lipinski definition) is 2. The summed E-state index contributed by atoms with van der Waals surface area (Å²) in [6.07, 6.45) is 1.66. The lowest BCUT2D eigenvalue weighted by molar-refractivity contribution is -0.117. The fourth-order valence-electron chi connectivity index (χ4n) is 2.03. The molecule has 4 nitrogen and oxygen atoms in total. The van der Waals surface area contributed by atoms with Gasteiger partial charge in [-0.15, -0.1) is 0 Å². The summed E-state index contributed by atoms with van der Waals surface area (Å²) in [6, 6.07) is 16.6. The average molecular weight is 308 g/mol. The van der Waals surface area contributed by atoms with Crippen molar-refractivity contribution in [1.29, 1.82) is 0 Å². The molecule has 2 N–H and O–H groups in total. The van der Waals surface area contributed by atoms with Crippen molar-refractivity contribution >= 4 is 17.9 Å². The van der Waals surface area contributed by atoms with Gasteiger partial charge >= 0.3 is 0 Å². The second-order valence-corrected chi connectivity index (χ2v) is 5.15. The van der Waals surface area contributed by atoms with Gasteiger partial charge in [0.2, 0.25) is 0 Å². The second-order valence-electron chi connectivity index (χ2n) is 5.15. The van der Waals surface area contributed by atoms with Gasteiger partial charge in [0.1, 0.15) is 5.70 Å². The maximum Gasteiger partial charge on any atom is 0.267 e. The molecule has 0 bridgehead atoms. The van der Waals surface area contributed by atoms with Crippen molar-refractivity contribution in [3.05, 3.63) is 77.0 Å². The summed E-state index contributed by atoms with van der Waals surface area (Å²) in [4.78, 5) is 24.5. The summed E-state index contributed by atoms with van der Waals surface area (Å²) in [5.41, 5.74) is 2.66. The maximum atomic E-state index is 12.3. The van der Waals surface area contributed by atoms with Crippen LogP contribution in [-0.2, 0) is 4.79 Å². The number of aryl methyl sites for hydroxylation is 1. The highest BCUT2D eigenvalue weighted by molar-refractivity contribution is 6.05. The molecule has 0 aliphatic carbocycles. The monoisotopic (exact) mass is 308 g/mol. The van der Waals surface area contributed by atoms with E-state index in [0.717, 1.165) is 11.1 Å².